The fraction of sp³-hybridized carbons (Fsp3) is 0.533. The Morgan fingerprint density at radius 3 is 2.76 bits per heavy atom. The Balaban J connectivity index is 2.32. The van der Waals surface area contributed by atoms with Gasteiger partial charge in [-0.3, -0.25) is 0 Å². The highest BCUT2D eigenvalue weighted by Gasteiger charge is 2.42. The molecule has 0 aromatic heterocycles. The molecule has 1 aromatic rings. The third kappa shape index (κ3) is 2.35. The zero-order valence-corrected chi connectivity index (χ0v) is 10.4. The summed E-state index contributed by atoms with van der Waals surface area (Å²) in [5, 5.41) is 9.53. The molecular weight excluding hydrogens is 210 g/mol. The van der Waals surface area contributed by atoms with Gasteiger partial charge in [-0.25, -0.2) is 0 Å². The van der Waals surface area contributed by atoms with Crippen molar-refractivity contribution in [3.63, 3.8) is 0 Å². The van der Waals surface area contributed by atoms with Gasteiger partial charge in [-0.05, 0) is 31.7 Å². The first kappa shape index (κ1) is 12.1. The highest BCUT2D eigenvalue weighted by atomic mass is 16.5. The Hall–Kier alpha value is -1.33. The quantitative estimate of drug-likeness (QED) is 0.792. The number of nitrogens with zero attached hydrogens (tertiary/aromatic N) is 1. The maximum Gasteiger partial charge on any atom is 0.160 e. The van der Waals surface area contributed by atoms with Gasteiger partial charge in [0.2, 0.25) is 0 Å². The third-order valence-corrected chi connectivity index (χ3v) is 3.65. The van der Waals surface area contributed by atoms with E-state index < -0.39 is 5.60 Å². The molecule has 2 nitrogen and oxygen atoms in total. The average molecular weight is 229 g/mol. The van der Waals surface area contributed by atoms with Crippen LogP contribution in [-0.4, -0.2) is 12.2 Å². The summed E-state index contributed by atoms with van der Waals surface area (Å²) in [5.41, 5.74) is 0.635. The second kappa shape index (κ2) is 5.33. The highest BCUT2D eigenvalue weighted by molar-refractivity contribution is 5.28. The van der Waals surface area contributed by atoms with Crippen molar-refractivity contribution in [2.45, 2.75) is 44.1 Å². The lowest BCUT2D eigenvalue weighted by atomic mass is 9.72. The predicted molar refractivity (Wildman–Crippen MR) is 67.6 cm³/mol. The molecule has 2 heteroatoms. The van der Waals surface area contributed by atoms with Gasteiger partial charge in [-0.2, -0.15) is 5.26 Å². The first-order chi connectivity index (χ1) is 8.32. The summed E-state index contributed by atoms with van der Waals surface area (Å²) in [7, 11) is 0. The van der Waals surface area contributed by atoms with Crippen LogP contribution in [0.2, 0.25) is 0 Å². The van der Waals surface area contributed by atoms with E-state index in [0.717, 1.165) is 19.3 Å². The van der Waals surface area contributed by atoms with Crippen LogP contribution >= 0.6 is 0 Å². The largest absolute Gasteiger partial charge is 0.360 e. The van der Waals surface area contributed by atoms with Crippen molar-refractivity contribution in [3.8, 4) is 6.07 Å². The van der Waals surface area contributed by atoms with Crippen LogP contribution in [0.4, 0.5) is 0 Å². The molecule has 1 aliphatic rings. The van der Waals surface area contributed by atoms with Crippen LogP contribution in [0.1, 0.15) is 44.1 Å². The molecule has 0 spiro atoms. The van der Waals surface area contributed by atoms with Crippen molar-refractivity contribution in [2.24, 2.45) is 0 Å². The number of benzene rings is 1. The normalized spacial score (nSPS) is 28.6. The fourth-order valence-corrected chi connectivity index (χ4v) is 2.86. The van der Waals surface area contributed by atoms with Gasteiger partial charge in [-0.1, -0.05) is 36.8 Å². The topological polar surface area (TPSA) is 33.0 Å². The van der Waals surface area contributed by atoms with Crippen LogP contribution in [0.5, 0.6) is 0 Å². The first-order valence-corrected chi connectivity index (χ1v) is 6.42. The zero-order valence-electron chi connectivity index (χ0n) is 10.4. The molecular formula is C15H19NO. The van der Waals surface area contributed by atoms with Crippen LogP contribution in [0.3, 0.4) is 0 Å². The van der Waals surface area contributed by atoms with Crippen molar-refractivity contribution in [3.05, 3.63) is 35.9 Å². The van der Waals surface area contributed by atoms with Gasteiger partial charge in [0.05, 0.1) is 6.07 Å². The number of nitriles is 1. The van der Waals surface area contributed by atoms with E-state index in [1.165, 1.54) is 12.0 Å². The van der Waals surface area contributed by atoms with Gasteiger partial charge in [-0.15, -0.1) is 0 Å². The van der Waals surface area contributed by atoms with E-state index in [9.17, 15) is 5.26 Å². The summed E-state index contributed by atoms with van der Waals surface area (Å²) in [4.78, 5) is 0. The van der Waals surface area contributed by atoms with Crippen LogP contribution in [0, 0.1) is 11.3 Å². The van der Waals surface area contributed by atoms with Crippen molar-refractivity contribution in [1.82, 2.24) is 0 Å². The van der Waals surface area contributed by atoms with Gasteiger partial charge < -0.3 is 4.74 Å². The Morgan fingerprint density at radius 1 is 1.35 bits per heavy atom. The lowest BCUT2D eigenvalue weighted by Gasteiger charge is -2.38. The smallest absolute Gasteiger partial charge is 0.160 e. The second-order valence-corrected chi connectivity index (χ2v) is 4.64. The van der Waals surface area contributed by atoms with Gasteiger partial charge in [0.25, 0.3) is 0 Å². The lowest BCUT2D eigenvalue weighted by Crippen LogP contribution is -2.40. The molecule has 1 aliphatic carbocycles. The number of ether oxygens (including phenoxy) is 1. The van der Waals surface area contributed by atoms with E-state index in [1.54, 1.807) is 0 Å². The molecule has 0 aliphatic heterocycles. The van der Waals surface area contributed by atoms with Gasteiger partial charge >= 0.3 is 0 Å². The molecule has 1 saturated carbocycles. The van der Waals surface area contributed by atoms with E-state index in [4.69, 9.17) is 4.74 Å². The summed E-state index contributed by atoms with van der Waals surface area (Å²) in [6, 6.07) is 12.8. The van der Waals surface area contributed by atoms with Crippen LogP contribution < -0.4 is 0 Å². The molecule has 0 saturated heterocycles. The van der Waals surface area contributed by atoms with E-state index in [0.29, 0.717) is 6.61 Å². The van der Waals surface area contributed by atoms with E-state index in [2.05, 4.69) is 18.2 Å². The van der Waals surface area contributed by atoms with Crippen LogP contribution in [0.15, 0.2) is 30.3 Å². The molecule has 2 rings (SSSR count). The Morgan fingerprint density at radius 2 is 2.12 bits per heavy atom. The van der Waals surface area contributed by atoms with Crippen molar-refractivity contribution >= 4 is 0 Å². The van der Waals surface area contributed by atoms with Gasteiger partial charge in [0, 0.05) is 12.5 Å². The zero-order chi connectivity index (χ0) is 12.1. The predicted octanol–water partition coefficient (Wildman–Crippen LogP) is 3.64. The van der Waals surface area contributed by atoms with Crippen molar-refractivity contribution < 1.29 is 4.74 Å². The minimum atomic E-state index is -0.603. The van der Waals surface area contributed by atoms with E-state index in [-0.39, 0.29) is 5.92 Å². The summed E-state index contributed by atoms with van der Waals surface area (Å²) in [6.45, 7) is 2.58. The van der Waals surface area contributed by atoms with Crippen molar-refractivity contribution in [1.29, 1.82) is 5.26 Å². The molecule has 1 aromatic carbocycles. The molecule has 90 valence electrons. The molecule has 0 N–H and O–H groups in total. The minimum Gasteiger partial charge on any atom is -0.360 e. The first-order valence-electron chi connectivity index (χ1n) is 6.42. The summed E-state index contributed by atoms with van der Waals surface area (Å²) in [5.74, 6) is 0.224. The summed E-state index contributed by atoms with van der Waals surface area (Å²) >= 11 is 0. The van der Waals surface area contributed by atoms with E-state index >= 15 is 0 Å². The number of rotatable bonds is 3. The highest BCUT2D eigenvalue weighted by Crippen LogP contribution is 2.42. The summed E-state index contributed by atoms with van der Waals surface area (Å²) < 4.78 is 5.83. The second-order valence-electron chi connectivity index (χ2n) is 4.64. The monoisotopic (exact) mass is 229 g/mol. The number of hydrogen-bond donors (Lipinski definition) is 0. The maximum absolute atomic E-state index is 9.53. The minimum absolute atomic E-state index is 0.224. The average Bonchev–Trinajstić information content (AvgIpc) is 2.40. The molecule has 0 heterocycles. The van der Waals surface area contributed by atoms with Gasteiger partial charge in [0.15, 0.2) is 5.60 Å². The molecule has 17 heavy (non-hydrogen) atoms. The molecule has 2 atom stereocenters. The van der Waals surface area contributed by atoms with Crippen LogP contribution in [0.25, 0.3) is 0 Å². The lowest BCUT2D eigenvalue weighted by molar-refractivity contribution is -0.0369. The third-order valence-electron chi connectivity index (χ3n) is 3.65. The van der Waals surface area contributed by atoms with Crippen molar-refractivity contribution in [2.75, 3.05) is 6.61 Å². The number of hydrogen-bond acceptors (Lipinski definition) is 2. The Bertz CT molecular complexity index is 391. The van der Waals surface area contributed by atoms with Crippen LogP contribution in [-0.2, 0) is 4.74 Å². The van der Waals surface area contributed by atoms with Gasteiger partial charge in [0.1, 0.15) is 0 Å². The maximum atomic E-state index is 9.53. The molecule has 1 fully saturated rings. The molecule has 0 amide bonds. The molecule has 0 radical (unpaired) electrons. The standard InChI is InChI=1S/C15H19NO/c1-2-17-15(12-16)11-7-6-10-14(15)13-8-4-3-5-9-13/h3-5,8-9,14H,2,6-7,10-11H2,1H3. The summed E-state index contributed by atoms with van der Waals surface area (Å²) in [6.07, 6.45) is 4.20. The SMILES string of the molecule is CCOC1(C#N)CCCCC1c1ccccc1. The Labute approximate surface area is 103 Å². The van der Waals surface area contributed by atoms with E-state index in [1.807, 2.05) is 25.1 Å². The molecule has 2 unspecified atom stereocenters. The molecule has 0 bridgehead atoms. The fourth-order valence-electron chi connectivity index (χ4n) is 2.86. The Kier molecular flexibility index (Phi) is 3.81.